The number of hydrogen-bond acceptors (Lipinski definition) is 1. The maximum atomic E-state index is 12.0. The van der Waals surface area contributed by atoms with Crippen molar-refractivity contribution in [1.29, 1.82) is 0 Å². The predicted molar refractivity (Wildman–Crippen MR) is 68.2 cm³/mol. The molecule has 0 spiro atoms. The third-order valence-corrected chi connectivity index (χ3v) is 3.05. The second-order valence-corrected chi connectivity index (χ2v) is 4.76. The van der Waals surface area contributed by atoms with Crippen molar-refractivity contribution in [1.82, 2.24) is 0 Å². The van der Waals surface area contributed by atoms with Crippen LogP contribution in [-0.2, 0) is 0 Å². The zero-order chi connectivity index (χ0) is 12.1. The van der Waals surface area contributed by atoms with Crippen LogP contribution in [0.15, 0.2) is 0 Å². The molecule has 98 valence electrons. The Morgan fingerprint density at radius 3 is 1.50 bits per heavy atom. The molecule has 1 nitrogen and oxygen atoms in total. The molecule has 1 unspecified atom stereocenters. The van der Waals surface area contributed by atoms with Gasteiger partial charge in [-0.2, -0.15) is 0 Å². The second kappa shape index (κ2) is 13.0. The van der Waals surface area contributed by atoms with E-state index in [0.29, 0.717) is 6.42 Å². The van der Waals surface area contributed by atoms with Crippen LogP contribution in [0.4, 0.5) is 4.39 Å². The third kappa shape index (κ3) is 13.9. The highest BCUT2D eigenvalue weighted by Gasteiger charge is 1.98. The van der Waals surface area contributed by atoms with Crippen molar-refractivity contribution in [2.24, 2.45) is 0 Å². The van der Waals surface area contributed by atoms with Crippen molar-refractivity contribution < 1.29 is 9.50 Å². The van der Waals surface area contributed by atoms with E-state index in [1.54, 1.807) is 0 Å². The SMILES string of the molecule is CCCCCCCCCCCCCC(O)F. The molecule has 0 aromatic carbocycles. The smallest absolute Gasteiger partial charge is 0.196 e. The van der Waals surface area contributed by atoms with Gasteiger partial charge in [-0.15, -0.1) is 0 Å². The summed E-state index contributed by atoms with van der Waals surface area (Å²) in [5.41, 5.74) is 0. The maximum absolute atomic E-state index is 12.0. The van der Waals surface area contributed by atoms with Gasteiger partial charge < -0.3 is 5.11 Å². The van der Waals surface area contributed by atoms with Crippen LogP contribution in [-0.4, -0.2) is 11.5 Å². The van der Waals surface area contributed by atoms with Gasteiger partial charge in [-0.1, -0.05) is 71.1 Å². The van der Waals surface area contributed by atoms with Crippen molar-refractivity contribution in [3.63, 3.8) is 0 Å². The molecule has 1 atom stereocenters. The Hall–Kier alpha value is -0.110. The molecule has 0 rings (SSSR count). The highest BCUT2D eigenvalue weighted by atomic mass is 19.1. The first-order valence-corrected chi connectivity index (χ1v) is 7.09. The fraction of sp³-hybridized carbons (Fsp3) is 1.00. The van der Waals surface area contributed by atoms with E-state index in [4.69, 9.17) is 5.11 Å². The number of alkyl halides is 1. The zero-order valence-electron chi connectivity index (χ0n) is 10.9. The summed E-state index contributed by atoms with van der Waals surface area (Å²) in [5, 5.41) is 8.43. The van der Waals surface area contributed by atoms with Gasteiger partial charge in [-0.25, -0.2) is 4.39 Å². The summed E-state index contributed by atoms with van der Waals surface area (Å²) >= 11 is 0. The van der Waals surface area contributed by atoms with Crippen LogP contribution in [0.5, 0.6) is 0 Å². The van der Waals surface area contributed by atoms with E-state index in [1.165, 1.54) is 57.8 Å². The average Bonchev–Trinajstić information content (AvgIpc) is 2.25. The zero-order valence-corrected chi connectivity index (χ0v) is 10.9. The van der Waals surface area contributed by atoms with Gasteiger partial charge in [0.25, 0.3) is 0 Å². The largest absolute Gasteiger partial charge is 0.364 e. The number of rotatable bonds is 12. The minimum Gasteiger partial charge on any atom is -0.364 e. The lowest BCUT2D eigenvalue weighted by Crippen LogP contribution is -1.95. The average molecular weight is 232 g/mol. The fourth-order valence-corrected chi connectivity index (χ4v) is 1.98. The maximum Gasteiger partial charge on any atom is 0.196 e. The second-order valence-electron chi connectivity index (χ2n) is 4.76. The van der Waals surface area contributed by atoms with Crippen LogP contribution in [0.1, 0.15) is 84.0 Å². The summed E-state index contributed by atoms with van der Waals surface area (Å²) in [4.78, 5) is 0. The highest BCUT2D eigenvalue weighted by Crippen LogP contribution is 2.12. The van der Waals surface area contributed by atoms with Crippen LogP contribution >= 0.6 is 0 Å². The Morgan fingerprint density at radius 1 is 0.750 bits per heavy atom. The lowest BCUT2D eigenvalue weighted by Gasteiger charge is -2.02. The number of unbranched alkanes of at least 4 members (excludes halogenated alkanes) is 10. The van der Waals surface area contributed by atoms with Crippen molar-refractivity contribution >= 4 is 0 Å². The van der Waals surface area contributed by atoms with Crippen LogP contribution in [0.25, 0.3) is 0 Å². The topological polar surface area (TPSA) is 20.2 Å². The van der Waals surface area contributed by atoms with Gasteiger partial charge in [0, 0.05) is 6.42 Å². The van der Waals surface area contributed by atoms with Crippen LogP contribution < -0.4 is 0 Å². The summed E-state index contributed by atoms with van der Waals surface area (Å²) in [6.07, 6.45) is 12.6. The summed E-state index contributed by atoms with van der Waals surface area (Å²) in [6.45, 7) is 2.24. The van der Waals surface area contributed by atoms with E-state index in [9.17, 15) is 4.39 Å². The fourth-order valence-electron chi connectivity index (χ4n) is 1.98. The minimum absolute atomic E-state index is 0.316. The number of hydrogen-bond donors (Lipinski definition) is 1. The molecule has 0 aliphatic heterocycles. The molecule has 1 N–H and O–H groups in total. The van der Waals surface area contributed by atoms with E-state index >= 15 is 0 Å². The third-order valence-electron chi connectivity index (χ3n) is 3.05. The van der Waals surface area contributed by atoms with Crippen molar-refractivity contribution in [3.05, 3.63) is 0 Å². The van der Waals surface area contributed by atoms with Gasteiger partial charge in [0.2, 0.25) is 0 Å². The van der Waals surface area contributed by atoms with E-state index in [1.807, 2.05) is 0 Å². The predicted octanol–water partition coefficient (Wildman–Crippen LogP) is 4.98. The van der Waals surface area contributed by atoms with Crippen molar-refractivity contribution in [2.45, 2.75) is 90.3 Å². The molecular weight excluding hydrogens is 203 g/mol. The Morgan fingerprint density at radius 2 is 1.12 bits per heavy atom. The van der Waals surface area contributed by atoms with Gasteiger partial charge in [-0.3, -0.25) is 0 Å². The Balaban J connectivity index is 2.88. The molecule has 0 radical (unpaired) electrons. The quantitative estimate of drug-likeness (QED) is 0.471. The molecule has 0 saturated carbocycles. The van der Waals surface area contributed by atoms with Crippen LogP contribution in [0.3, 0.4) is 0 Å². The first kappa shape index (κ1) is 15.9. The molecule has 0 aromatic heterocycles. The van der Waals surface area contributed by atoms with Gasteiger partial charge >= 0.3 is 0 Å². The van der Waals surface area contributed by atoms with Crippen molar-refractivity contribution in [3.8, 4) is 0 Å². The monoisotopic (exact) mass is 232 g/mol. The first-order chi connectivity index (χ1) is 7.77. The number of aliphatic hydroxyl groups is 1. The molecule has 0 aliphatic carbocycles. The van der Waals surface area contributed by atoms with Crippen LogP contribution in [0.2, 0.25) is 0 Å². The Labute approximate surface area is 100 Å². The van der Waals surface area contributed by atoms with Gasteiger partial charge in [0.05, 0.1) is 0 Å². The van der Waals surface area contributed by atoms with Gasteiger partial charge in [0.1, 0.15) is 0 Å². The molecule has 0 fully saturated rings. The van der Waals surface area contributed by atoms with E-state index in [0.717, 1.165) is 12.8 Å². The minimum atomic E-state index is -1.60. The van der Waals surface area contributed by atoms with Gasteiger partial charge in [-0.05, 0) is 6.42 Å². The number of halogens is 1. The highest BCUT2D eigenvalue weighted by molar-refractivity contribution is 4.48. The summed E-state index contributed by atoms with van der Waals surface area (Å²) in [6, 6.07) is 0. The van der Waals surface area contributed by atoms with E-state index in [2.05, 4.69) is 6.92 Å². The Bertz CT molecular complexity index is 126. The molecule has 0 aromatic rings. The van der Waals surface area contributed by atoms with E-state index in [-0.39, 0.29) is 0 Å². The lowest BCUT2D eigenvalue weighted by molar-refractivity contribution is 0.0323. The summed E-state index contributed by atoms with van der Waals surface area (Å²) in [5.74, 6) is 0. The summed E-state index contributed by atoms with van der Waals surface area (Å²) < 4.78 is 12.0. The molecule has 0 bridgehead atoms. The van der Waals surface area contributed by atoms with E-state index < -0.39 is 6.36 Å². The van der Waals surface area contributed by atoms with Crippen molar-refractivity contribution in [2.75, 3.05) is 0 Å². The molecule has 16 heavy (non-hydrogen) atoms. The summed E-state index contributed by atoms with van der Waals surface area (Å²) in [7, 11) is 0. The molecule has 2 heteroatoms. The van der Waals surface area contributed by atoms with Crippen LogP contribution in [0, 0.1) is 0 Å². The first-order valence-electron chi connectivity index (χ1n) is 7.09. The molecule has 0 saturated heterocycles. The lowest BCUT2D eigenvalue weighted by atomic mass is 10.1. The molecular formula is C14H29FO. The number of aliphatic hydroxyl groups excluding tert-OH is 1. The van der Waals surface area contributed by atoms with Gasteiger partial charge in [0.15, 0.2) is 6.36 Å². The molecule has 0 aliphatic rings. The normalized spacial score (nSPS) is 12.9. The Kier molecular flexibility index (Phi) is 12.9. The standard InChI is InChI=1S/C14H29FO/c1-2-3-4-5-6-7-8-9-10-11-12-13-14(15)16/h14,16H,2-13H2,1H3. The molecule has 0 amide bonds. The molecule has 0 heterocycles.